The van der Waals surface area contributed by atoms with E-state index >= 15 is 0 Å². The summed E-state index contributed by atoms with van der Waals surface area (Å²) in [6, 6.07) is 6.54. The molecule has 0 radical (unpaired) electrons. The van der Waals surface area contributed by atoms with E-state index < -0.39 is 0 Å². The van der Waals surface area contributed by atoms with Gasteiger partial charge in [-0.3, -0.25) is 9.69 Å². The summed E-state index contributed by atoms with van der Waals surface area (Å²) >= 11 is 3.65. The van der Waals surface area contributed by atoms with Crippen molar-refractivity contribution in [2.24, 2.45) is 0 Å². The van der Waals surface area contributed by atoms with E-state index in [9.17, 15) is 4.79 Å². The minimum Gasteiger partial charge on any atom is -0.465 e. The highest BCUT2D eigenvalue weighted by Crippen LogP contribution is 2.40. The van der Waals surface area contributed by atoms with Crippen LogP contribution in [0.2, 0.25) is 0 Å². The maximum absolute atomic E-state index is 12.2. The number of rotatable bonds is 3. The maximum atomic E-state index is 12.2. The van der Waals surface area contributed by atoms with E-state index in [1.807, 2.05) is 6.92 Å². The van der Waals surface area contributed by atoms with Crippen molar-refractivity contribution in [2.75, 3.05) is 26.2 Å². The Labute approximate surface area is 134 Å². The summed E-state index contributed by atoms with van der Waals surface area (Å²) in [5.74, 6) is -0.104. The van der Waals surface area contributed by atoms with Gasteiger partial charge in [-0.15, -0.1) is 0 Å². The van der Waals surface area contributed by atoms with Gasteiger partial charge in [-0.05, 0) is 37.0 Å². The number of esters is 1. The smallest absolute Gasteiger partial charge is 0.324 e. The van der Waals surface area contributed by atoms with E-state index in [1.54, 1.807) is 0 Å². The van der Waals surface area contributed by atoms with Crippen LogP contribution in [0.4, 0.5) is 0 Å². The molecular formula is C16H21BrN2O2. The molecule has 2 atom stereocenters. The zero-order chi connectivity index (χ0) is 14.8. The van der Waals surface area contributed by atoms with Crippen LogP contribution >= 0.6 is 15.9 Å². The Kier molecular flexibility index (Phi) is 4.62. The summed E-state index contributed by atoms with van der Waals surface area (Å²) in [7, 11) is 0. The number of carbonyl (C=O) groups excluding carboxylic acids is 1. The number of hydrogen-bond donors (Lipinski definition) is 1. The number of halogens is 1. The van der Waals surface area contributed by atoms with Gasteiger partial charge in [-0.2, -0.15) is 0 Å². The van der Waals surface area contributed by atoms with E-state index in [-0.39, 0.29) is 12.0 Å². The van der Waals surface area contributed by atoms with Crippen LogP contribution in [0.25, 0.3) is 0 Å². The van der Waals surface area contributed by atoms with Crippen molar-refractivity contribution in [3.05, 3.63) is 33.8 Å². The second-order valence-corrected chi connectivity index (χ2v) is 6.43. The Morgan fingerprint density at radius 2 is 2.38 bits per heavy atom. The van der Waals surface area contributed by atoms with E-state index in [4.69, 9.17) is 4.74 Å². The van der Waals surface area contributed by atoms with E-state index in [0.29, 0.717) is 19.2 Å². The summed E-state index contributed by atoms with van der Waals surface area (Å²) in [5, 5.41) is 3.31. The first-order valence-corrected chi connectivity index (χ1v) is 8.42. The van der Waals surface area contributed by atoms with Crippen LogP contribution in [0.5, 0.6) is 0 Å². The van der Waals surface area contributed by atoms with Crippen LogP contribution in [0, 0.1) is 0 Å². The van der Waals surface area contributed by atoms with Gasteiger partial charge < -0.3 is 10.1 Å². The molecule has 0 amide bonds. The molecule has 3 rings (SSSR count). The van der Waals surface area contributed by atoms with Gasteiger partial charge in [-0.25, -0.2) is 0 Å². The van der Waals surface area contributed by atoms with Gasteiger partial charge in [-0.1, -0.05) is 28.1 Å². The van der Waals surface area contributed by atoms with Gasteiger partial charge in [0, 0.05) is 30.1 Å². The SMILES string of the molecule is CCOC(=O)C1CNCCN1C1CCc2c(Br)cccc21. The molecule has 1 aliphatic carbocycles. The van der Waals surface area contributed by atoms with Crippen molar-refractivity contribution in [3.63, 3.8) is 0 Å². The summed E-state index contributed by atoms with van der Waals surface area (Å²) in [6.07, 6.45) is 2.15. The third kappa shape index (κ3) is 2.87. The molecule has 1 fully saturated rings. The number of carbonyl (C=O) groups is 1. The first-order chi connectivity index (χ1) is 10.2. The van der Waals surface area contributed by atoms with Gasteiger partial charge in [0.15, 0.2) is 0 Å². The van der Waals surface area contributed by atoms with Crippen LogP contribution < -0.4 is 5.32 Å². The summed E-state index contributed by atoms with van der Waals surface area (Å²) in [5.41, 5.74) is 2.75. The molecule has 1 saturated heterocycles. The molecule has 114 valence electrons. The van der Waals surface area contributed by atoms with Gasteiger partial charge in [0.25, 0.3) is 0 Å². The first kappa shape index (κ1) is 15.0. The quantitative estimate of drug-likeness (QED) is 0.847. The Balaban J connectivity index is 1.86. The molecule has 4 nitrogen and oxygen atoms in total. The van der Waals surface area contributed by atoms with Crippen LogP contribution in [0.3, 0.4) is 0 Å². The molecule has 2 aliphatic rings. The second-order valence-electron chi connectivity index (χ2n) is 5.57. The number of benzene rings is 1. The highest BCUT2D eigenvalue weighted by atomic mass is 79.9. The predicted octanol–water partition coefficient (Wildman–Crippen LogP) is 2.27. The highest BCUT2D eigenvalue weighted by Gasteiger charge is 2.38. The molecular weight excluding hydrogens is 332 g/mol. The molecule has 1 heterocycles. The predicted molar refractivity (Wildman–Crippen MR) is 85.2 cm³/mol. The molecule has 1 aromatic rings. The molecule has 1 N–H and O–H groups in total. The van der Waals surface area contributed by atoms with Gasteiger partial charge in [0.1, 0.15) is 6.04 Å². The zero-order valence-electron chi connectivity index (χ0n) is 12.3. The average Bonchev–Trinajstić information content (AvgIpc) is 2.93. The molecule has 2 unspecified atom stereocenters. The lowest BCUT2D eigenvalue weighted by atomic mass is 10.0. The molecule has 0 bridgehead atoms. The van der Waals surface area contributed by atoms with Crippen LogP contribution in [-0.2, 0) is 16.0 Å². The normalized spacial score (nSPS) is 25.6. The van der Waals surface area contributed by atoms with Crippen molar-refractivity contribution >= 4 is 21.9 Å². The van der Waals surface area contributed by atoms with Crippen LogP contribution in [-0.4, -0.2) is 43.2 Å². The maximum Gasteiger partial charge on any atom is 0.324 e. The van der Waals surface area contributed by atoms with E-state index in [1.165, 1.54) is 15.6 Å². The largest absolute Gasteiger partial charge is 0.465 e. The van der Waals surface area contributed by atoms with E-state index in [2.05, 4.69) is 44.3 Å². The summed E-state index contributed by atoms with van der Waals surface area (Å²) in [6.45, 7) is 4.80. The Bertz CT molecular complexity index is 535. The minimum atomic E-state index is -0.173. The molecule has 5 heteroatoms. The third-order valence-electron chi connectivity index (χ3n) is 4.43. The monoisotopic (exact) mass is 352 g/mol. The number of ether oxygens (including phenoxy) is 1. The second kappa shape index (κ2) is 6.46. The van der Waals surface area contributed by atoms with E-state index in [0.717, 1.165) is 25.9 Å². The number of nitrogens with zero attached hydrogens (tertiary/aromatic N) is 1. The van der Waals surface area contributed by atoms with Crippen molar-refractivity contribution in [3.8, 4) is 0 Å². The lowest BCUT2D eigenvalue weighted by molar-refractivity contribution is -0.151. The zero-order valence-corrected chi connectivity index (χ0v) is 13.9. The fraction of sp³-hybridized carbons (Fsp3) is 0.562. The number of piperazine rings is 1. The standard InChI is InChI=1S/C16H21BrN2O2/c1-2-21-16(20)15-10-18-8-9-19(15)14-7-6-11-12(14)4-3-5-13(11)17/h3-5,14-15,18H,2,6-10H2,1H3. The lowest BCUT2D eigenvalue weighted by Gasteiger charge is -2.39. The highest BCUT2D eigenvalue weighted by molar-refractivity contribution is 9.10. The molecule has 0 spiro atoms. The number of nitrogens with one attached hydrogen (secondary N) is 1. The minimum absolute atomic E-state index is 0.104. The topological polar surface area (TPSA) is 41.6 Å². The van der Waals surface area contributed by atoms with Gasteiger partial charge in [0.2, 0.25) is 0 Å². The van der Waals surface area contributed by atoms with Crippen molar-refractivity contribution in [1.82, 2.24) is 10.2 Å². The fourth-order valence-electron chi connectivity index (χ4n) is 3.48. The fourth-order valence-corrected chi connectivity index (χ4v) is 4.06. The van der Waals surface area contributed by atoms with Crippen molar-refractivity contribution in [2.45, 2.75) is 31.8 Å². The number of fused-ring (bicyclic) bond motifs is 1. The Hall–Kier alpha value is -0.910. The van der Waals surface area contributed by atoms with Crippen LogP contribution in [0.1, 0.15) is 30.5 Å². The number of hydrogen-bond acceptors (Lipinski definition) is 4. The molecule has 0 aromatic heterocycles. The first-order valence-electron chi connectivity index (χ1n) is 7.62. The molecule has 0 saturated carbocycles. The Morgan fingerprint density at radius 3 is 3.19 bits per heavy atom. The molecule has 1 aromatic carbocycles. The van der Waals surface area contributed by atoms with Crippen molar-refractivity contribution in [1.29, 1.82) is 0 Å². The third-order valence-corrected chi connectivity index (χ3v) is 5.17. The van der Waals surface area contributed by atoms with Crippen LogP contribution in [0.15, 0.2) is 22.7 Å². The molecule has 1 aliphatic heterocycles. The molecule has 21 heavy (non-hydrogen) atoms. The van der Waals surface area contributed by atoms with Gasteiger partial charge >= 0.3 is 5.97 Å². The van der Waals surface area contributed by atoms with Gasteiger partial charge in [0.05, 0.1) is 6.61 Å². The lowest BCUT2D eigenvalue weighted by Crippen LogP contribution is -2.56. The Morgan fingerprint density at radius 1 is 1.52 bits per heavy atom. The van der Waals surface area contributed by atoms with Crippen molar-refractivity contribution < 1.29 is 9.53 Å². The summed E-state index contributed by atoms with van der Waals surface area (Å²) in [4.78, 5) is 14.6. The average molecular weight is 353 g/mol. The summed E-state index contributed by atoms with van der Waals surface area (Å²) < 4.78 is 6.44.